The zero-order chi connectivity index (χ0) is 24.3. The van der Waals surface area contributed by atoms with E-state index in [1.165, 1.54) is 16.3 Å². The van der Waals surface area contributed by atoms with E-state index in [4.69, 9.17) is 4.74 Å². The summed E-state index contributed by atoms with van der Waals surface area (Å²) >= 11 is 0. The number of hydrogen-bond acceptors (Lipinski definition) is 5. The molecule has 5 nitrogen and oxygen atoms in total. The van der Waals surface area contributed by atoms with E-state index in [1.807, 2.05) is 30.3 Å². The van der Waals surface area contributed by atoms with Gasteiger partial charge in [-0.05, 0) is 59.5 Å². The first kappa shape index (κ1) is 23.2. The van der Waals surface area contributed by atoms with Crippen molar-refractivity contribution in [3.8, 4) is 5.75 Å². The van der Waals surface area contributed by atoms with E-state index in [0.717, 1.165) is 49.1 Å². The van der Waals surface area contributed by atoms with Crippen LogP contribution in [0, 0.1) is 0 Å². The number of aliphatic hydroxyl groups excluding tert-OH is 1. The van der Waals surface area contributed by atoms with Gasteiger partial charge in [0, 0.05) is 49.8 Å². The Labute approximate surface area is 212 Å². The van der Waals surface area contributed by atoms with Gasteiger partial charge in [0.2, 0.25) is 0 Å². The number of ether oxygens (including phenoxy) is 1. The number of hydrogen-bond donors (Lipinski definition) is 1. The zero-order valence-corrected chi connectivity index (χ0v) is 20.5. The summed E-state index contributed by atoms with van der Waals surface area (Å²) in [7, 11) is 0. The molecule has 5 heteroatoms. The van der Waals surface area contributed by atoms with Crippen LogP contribution in [-0.4, -0.2) is 64.3 Å². The third kappa shape index (κ3) is 5.00. The molecule has 0 spiro atoms. The average Bonchev–Trinajstić information content (AvgIpc) is 2.89. The normalized spacial score (nSPS) is 22.4. The largest absolute Gasteiger partial charge is 0.490 e. The quantitative estimate of drug-likeness (QED) is 0.377. The van der Waals surface area contributed by atoms with Crippen LogP contribution in [0.1, 0.15) is 18.4 Å². The first-order chi connectivity index (χ1) is 17.7. The molecule has 184 valence electrons. The third-order valence-electron chi connectivity index (χ3n) is 7.59. The number of piperazine rings is 1. The van der Waals surface area contributed by atoms with Gasteiger partial charge in [0.1, 0.15) is 18.5 Å². The van der Waals surface area contributed by atoms with Crippen molar-refractivity contribution in [2.75, 3.05) is 26.2 Å². The van der Waals surface area contributed by atoms with Gasteiger partial charge in [0.15, 0.2) is 0 Å². The van der Waals surface area contributed by atoms with Crippen molar-refractivity contribution in [1.82, 2.24) is 14.8 Å². The van der Waals surface area contributed by atoms with E-state index in [1.54, 1.807) is 6.20 Å². The fourth-order valence-corrected chi connectivity index (χ4v) is 5.72. The monoisotopic (exact) mass is 479 g/mol. The molecule has 0 aliphatic carbocycles. The first-order valence-electron chi connectivity index (χ1n) is 13.0. The molecule has 4 aromatic rings. The Morgan fingerprint density at radius 1 is 0.861 bits per heavy atom. The van der Waals surface area contributed by atoms with Crippen LogP contribution in [0.5, 0.6) is 5.75 Å². The summed E-state index contributed by atoms with van der Waals surface area (Å²) in [6, 6.07) is 26.1. The molecular weight excluding hydrogens is 446 g/mol. The molecule has 4 heterocycles. The van der Waals surface area contributed by atoms with Gasteiger partial charge in [0.05, 0.1) is 5.52 Å². The van der Waals surface area contributed by atoms with E-state index in [2.05, 4.69) is 69.4 Å². The molecule has 3 atom stereocenters. The van der Waals surface area contributed by atoms with Gasteiger partial charge in [0.25, 0.3) is 0 Å². The molecule has 7 rings (SSSR count). The standard InChI is InChI=1S/C31H33N3O2/c35-28(22-36-31-13-5-12-30-29(31)11-6-16-32-30)21-34-20-26-9-3-4-10-27(34)19-33(26)18-23-14-15-24-7-1-2-8-25(24)17-23/h1-8,11-17,26-28,35H,9-10,18-22H2/b4-3-/t26-,27-,28-/m0/s1. The van der Waals surface area contributed by atoms with Crippen LogP contribution < -0.4 is 4.74 Å². The summed E-state index contributed by atoms with van der Waals surface area (Å²) in [4.78, 5) is 9.51. The van der Waals surface area contributed by atoms with Crippen LogP contribution in [0.3, 0.4) is 0 Å². The fourth-order valence-electron chi connectivity index (χ4n) is 5.72. The van der Waals surface area contributed by atoms with E-state index in [0.29, 0.717) is 18.6 Å². The van der Waals surface area contributed by atoms with Crippen LogP contribution in [-0.2, 0) is 6.54 Å². The van der Waals surface area contributed by atoms with Gasteiger partial charge < -0.3 is 9.84 Å². The minimum atomic E-state index is -0.546. The maximum absolute atomic E-state index is 10.9. The van der Waals surface area contributed by atoms with E-state index >= 15 is 0 Å². The number of fused-ring (bicyclic) bond motifs is 6. The van der Waals surface area contributed by atoms with Crippen LogP contribution in [0.4, 0.5) is 0 Å². The Hall–Kier alpha value is -3.25. The second-order valence-corrected chi connectivity index (χ2v) is 10.1. The van der Waals surface area contributed by atoms with Gasteiger partial charge in [-0.2, -0.15) is 0 Å². The summed E-state index contributed by atoms with van der Waals surface area (Å²) < 4.78 is 6.05. The summed E-state index contributed by atoms with van der Waals surface area (Å²) in [5.74, 6) is 0.776. The Bertz CT molecular complexity index is 1370. The highest BCUT2D eigenvalue weighted by atomic mass is 16.5. The molecule has 0 amide bonds. The molecule has 1 N–H and O–H groups in total. The maximum Gasteiger partial charge on any atom is 0.128 e. The molecule has 2 bridgehead atoms. The highest BCUT2D eigenvalue weighted by molar-refractivity contribution is 5.85. The lowest BCUT2D eigenvalue weighted by molar-refractivity contribution is -0.0124. The van der Waals surface area contributed by atoms with Crippen molar-refractivity contribution in [3.05, 3.63) is 96.7 Å². The van der Waals surface area contributed by atoms with Gasteiger partial charge in [-0.1, -0.05) is 54.6 Å². The summed E-state index contributed by atoms with van der Waals surface area (Å²) in [6.07, 6.45) is 7.97. The second-order valence-electron chi connectivity index (χ2n) is 10.1. The minimum Gasteiger partial charge on any atom is -0.490 e. The van der Waals surface area contributed by atoms with Crippen LogP contribution in [0.15, 0.2) is 91.1 Å². The van der Waals surface area contributed by atoms with Crippen LogP contribution >= 0.6 is 0 Å². The molecule has 36 heavy (non-hydrogen) atoms. The average molecular weight is 480 g/mol. The van der Waals surface area contributed by atoms with Crippen molar-refractivity contribution < 1.29 is 9.84 Å². The number of benzene rings is 3. The Morgan fingerprint density at radius 3 is 2.56 bits per heavy atom. The highest BCUT2D eigenvalue weighted by Gasteiger charge is 2.34. The lowest BCUT2D eigenvalue weighted by atomic mass is 9.96. The summed E-state index contributed by atoms with van der Waals surface area (Å²) in [6.45, 7) is 3.86. The zero-order valence-electron chi connectivity index (χ0n) is 20.5. The van der Waals surface area contributed by atoms with Gasteiger partial charge >= 0.3 is 0 Å². The molecule has 0 saturated carbocycles. The van der Waals surface area contributed by atoms with E-state index < -0.39 is 6.10 Å². The lowest BCUT2D eigenvalue weighted by Gasteiger charge is -2.47. The topological polar surface area (TPSA) is 48.8 Å². The molecule has 0 radical (unpaired) electrons. The van der Waals surface area contributed by atoms with Crippen LogP contribution in [0.25, 0.3) is 21.7 Å². The SMILES string of the molecule is O[C@H](COc1cccc2ncccc12)CN1C[C@@H]2C/C=C\C[C@H]1CN2Cc1ccc2ccccc2c1. The lowest BCUT2D eigenvalue weighted by Crippen LogP contribution is -2.59. The smallest absolute Gasteiger partial charge is 0.128 e. The molecule has 3 aliphatic heterocycles. The molecule has 1 saturated heterocycles. The summed E-state index contributed by atoms with van der Waals surface area (Å²) in [5.41, 5.74) is 2.28. The van der Waals surface area contributed by atoms with Crippen molar-refractivity contribution in [2.24, 2.45) is 0 Å². The number of pyridine rings is 1. The minimum absolute atomic E-state index is 0.276. The fraction of sp³-hybridized carbons (Fsp3) is 0.323. The molecule has 3 aliphatic rings. The molecular formula is C31H33N3O2. The van der Waals surface area contributed by atoms with Crippen molar-refractivity contribution in [2.45, 2.75) is 37.6 Å². The van der Waals surface area contributed by atoms with Crippen molar-refractivity contribution in [3.63, 3.8) is 0 Å². The molecule has 0 unspecified atom stereocenters. The maximum atomic E-state index is 10.9. The Kier molecular flexibility index (Phi) is 6.69. The highest BCUT2D eigenvalue weighted by Crippen LogP contribution is 2.27. The Morgan fingerprint density at radius 2 is 1.67 bits per heavy atom. The summed E-state index contributed by atoms with van der Waals surface area (Å²) in [5, 5.41) is 14.5. The van der Waals surface area contributed by atoms with Gasteiger partial charge in [-0.3, -0.25) is 14.8 Å². The Balaban J connectivity index is 1.10. The number of aliphatic hydroxyl groups is 1. The predicted molar refractivity (Wildman–Crippen MR) is 145 cm³/mol. The van der Waals surface area contributed by atoms with Crippen molar-refractivity contribution in [1.29, 1.82) is 0 Å². The molecule has 3 aromatic carbocycles. The first-order valence-corrected chi connectivity index (χ1v) is 13.0. The number of aromatic nitrogens is 1. The van der Waals surface area contributed by atoms with E-state index in [9.17, 15) is 5.11 Å². The van der Waals surface area contributed by atoms with Crippen LogP contribution in [0.2, 0.25) is 0 Å². The van der Waals surface area contributed by atoms with Crippen molar-refractivity contribution >= 4 is 21.7 Å². The predicted octanol–water partition coefficient (Wildman–Crippen LogP) is 5.03. The third-order valence-corrected chi connectivity index (χ3v) is 7.59. The van der Waals surface area contributed by atoms with E-state index in [-0.39, 0.29) is 6.61 Å². The number of rotatable bonds is 7. The molecule has 1 fully saturated rings. The van der Waals surface area contributed by atoms with Gasteiger partial charge in [-0.25, -0.2) is 0 Å². The number of nitrogens with zero attached hydrogens (tertiary/aromatic N) is 3. The van der Waals surface area contributed by atoms with Gasteiger partial charge in [-0.15, -0.1) is 0 Å². The molecule has 1 aromatic heterocycles. The second kappa shape index (κ2) is 10.4.